The Labute approximate surface area is 117 Å². The second kappa shape index (κ2) is 6.00. The number of nitrogens with one attached hydrogen (secondary N) is 1. The van der Waals surface area contributed by atoms with Crippen molar-refractivity contribution in [1.82, 2.24) is 20.3 Å². The number of aromatic nitrogens is 3. The van der Waals surface area contributed by atoms with Crippen LogP contribution in [0.15, 0.2) is 18.2 Å². The summed E-state index contributed by atoms with van der Waals surface area (Å²) in [6.07, 6.45) is 0.161. The quantitative estimate of drug-likeness (QED) is 0.857. The van der Waals surface area contributed by atoms with Gasteiger partial charge in [0.2, 0.25) is 0 Å². The van der Waals surface area contributed by atoms with Gasteiger partial charge in [0.05, 0.1) is 11.6 Å². The van der Waals surface area contributed by atoms with Crippen molar-refractivity contribution < 1.29 is 9.90 Å². The van der Waals surface area contributed by atoms with Crippen LogP contribution in [0.3, 0.4) is 0 Å². The maximum Gasteiger partial charge on any atom is 0.251 e. The summed E-state index contributed by atoms with van der Waals surface area (Å²) in [5, 5.41) is 20.4. The highest BCUT2D eigenvalue weighted by Crippen LogP contribution is 2.12. The first-order valence-electron chi connectivity index (χ1n) is 6.74. The predicted molar refractivity (Wildman–Crippen MR) is 76.3 cm³/mol. The molecule has 0 fully saturated rings. The minimum Gasteiger partial charge on any atom is -0.393 e. The van der Waals surface area contributed by atoms with Crippen LogP contribution < -0.4 is 5.32 Å². The van der Waals surface area contributed by atoms with Crippen LogP contribution in [-0.4, -0.2) is 38.7 Å². The van der Waals surface area contributed by atoms with E-state index in [0.29, 0.717) is 24.0 Å². The van der Waals surface area contributed by atoms with Gasteiger partial charge in [0.1, 0.15) is 5.52 Å². The van der Waals surface area contributed by atoms with E-state index in [1.807, 2.05) is 27.0 Å². The zero-order valence-electron chi connectivity index (χ0n) is 12.0. The number of amides is 1. The Bertz CT molecular complexity index is 606. The van der Waals surface area contributed by atoms with E-state index in [4.69, 9.17) is 0 Å². The number of hydrogen-bond acceptors (Lipinski definition) is 4. The number of fused-ring (bicyclic) bond motifs is 1. The van der Waals surface area contributed by atoms with Crippen LogP contribution in [0.2, 0.25) is 0 Å². The van der Waals surface area contributed by atoms with Crippen LogP contribution in [0.25, 0.3) is 11.0 Å². The van der Waals surface area contributed by atoms with Crippen LogP contribution >= 0.6 is 0 Å². The van der Waals surface area contributed by atoms with Gasteiger partial charge in [-0.2, -0.15) is 0 Å². The molecule has 0 aliphatic heterocycles. The fourth-order valence-corrected chi connectivity index (χ4v) is 1.95. The molecule has 0 saturated carbocycles. The minimum atomic E-state index is -0.391. The third-order valence-electron chi connectivity index (χ3n) is 3.37. The van der Waals surface area contributed by atoms with Crippen molar-refractivity contribution in [2.75, 3.05) is 6.54 Å². The van der Waals surface area contributed by atoms with Gasteiger partial charge in [0.15, 0.2) is 0 Å². The van der Waals surface area contributed by atoms with Crippen molar-refractivity contribution in [3.63, 3.8) is 0 Å². The van der Waals surface area contributed by atoms with E-state index >= 15 is 0 Å². The average Bonchev–Trinajstić information content (AvgIpc) is 2.79. The first-order chi connectivity index (χ1) is 9.49. The van der Waals surface area contributed by atoms with Gasteiger partial charge < -0.3 is 10.4 Å². The number of benzene rings is 1. The molecule has 1 atom stereocenters. The molecule has 0 spiro atoms. The van der Waals surface area contributed by atoms with Gasteiger partial charge >= 0.3 is 0 Å². The highest BCUT2D eigenvalue weighted by Gasteiger charge is 2.11. The lowest BCUT2D eigenvalue weighted by Crippen LogP contribution is -2.28. The number of rotatable bonds is 5. The Kier molecular flexibility index (Phi) is 4.34. The van der Waals surface area contributed by atoms with Crippen molar-refractivity contribution in [2.45, 2.75) is 26.4 Å². The topological polar surface area (TPSA) is 80.0 Å². The molecule has 2 rings (SSSR count). The Morgan fingerprint density at radius 1 is 1.45 bits per heavy atom. The van der Waals surface area contributed by atoms with E-state index in [0.717, 1.165) is 5.52 Å². The summed E-state index contributed by atoms with van der Waals surface area (Å²) in [4.78, 5) is 12.0. The molecule has 1 aromatic carbocycles. The molecule has 108 valence electrons. The van der Waals surface area contributed by atoms with Gasteiger partial charge in [-0.15, -0.1) is 5.10 Å². The predicted octanol–water partition coefficient (Wildman–Crippen LogP) is 1.11. The molecule has 2 aromatic rings. The van der Waals surface area contributed by atoms with Crippen LogP contribution in [0.4, 0.5) is 0 Å². The summed E-state index contributed by atoms with van der Waals surface area (Å²) in [6, 6.07) is 5.30. The van der Waals surface area contributed by atoms with Gasteiger partial charge in [-0.05, 0) is 30.5 Å². The molecule has 0 bridgehead atoms. The monoisotopic (exact) mass is 276 g/mol. The van der Waals surface area contributed by atoms with Crippen LogP contribution in [0.5, 0.6) is 0 Å². The maximum atomic E-state index is 12.0. The number of hydrogen-bond donors (Lipinski definition) is 2. The minimum absolute atomic E-state index is 0.159. The SMILES string of the molecule is CC(C)C(O)CCNC(=O)c1ccc2c(c1)nnn2C. The standard InChI is InChI=1S/C14H20N4O2/c1-9(2)13(19)6-7-15-14(20)10-4-5-12-11(8-10)16-17-18(12)3/h4-5,8-9,13,19H,6-7H2,1-3H3,(H,15,20). The normalized spacial score (nSPS) is 12.8. The molecule has 2 N–H and O–H groups in total. The van der Waals surface area contributed by atoms with Crippen molar-refractivity contribution in [1.29, 1.82) is 0 Å². The van der Waals surface area contributed by atoms with E-state index in [1.54, 1.807) is 16.8 Å². The molecule has 0 radical (unpaired) electrons. The number of carbonyl (C=O) groups excluding carboxylic acids is 1. The lowest BCUT2D eigenvalue weighted by atomic mass is 10.0. The number of nitrogens with zero attached hydrogens (tertiary/aromatic N) is 3. The van der Waals surface area contributed by atoms with Crippen molar-refractivity contribution >= 4 is 16.9 Å². The fraction of sp³-hybridized carbons (Fsp3) is 0.500. The molecule has 1 unspecified atom stereocenters. The number of aryl methyl sites for hydroxylation is 1. The summed E-state index contributed by atoms with van der Waals surface area (Å²) in [7, 11) is 1.81. The zero-order valence-corrected chi connectivity index (χ0v) is 12.0. The van der Waals surface area contributed by atoms with Gasteiger partial charge in [0, 0.05) is 19.2 Å². The molecule has 1 heterocycles. The molecule has 6 nitrogen and oxygen atoms in total. The molecular weight excluding hydrogens is 256 g/mol. The highest BCUT2D eigenvalue weighted by atomic mass is 16.3. The number of carbonyl (C=O) groups is 1. The second-order valence-corrected chi connectivity index (χ2v) is 5.27. The first kappa shape index (κ1) is 14.5. The van der Waals surface area contributed by atoms with E-state index in [2.05, 4.69) is 15.6 Å². The molecule has 0 aliphatic carbocycles. The fourth-order valence-electron chi connectivity index (χ4n) is 1.95. The first-order valence-corrected chi connectivity index (χ1v) is 6.74. The summed E-state index contributed by atoms with van der Waals surface area (Å²) < 4.78 is 1.66. The summed E-state index contributed by atoms with van der Waals surface area (Å²) in [5.41, 5.74) is 2.14. The maximum absolute atomic E-state index is 12.0. The molecule has 20 heavy (non-hydrogen) atoms. The van der Waals surface area contributed by atoms with Gasteiger partial charge in [0.25, 0.3) is 5.91 Å². The summed E-state index contributed by atoms with van der Waals surface area (Å²) >= 11 is 0. The van der Waals surface area contributed by atoms with Gasteiger partial charge in [-0.25, -0.2) is 4.68 Å². The average molecular weight is 276 g/mol. The van der Waals surface area contributed by atoms with E-state index in [-0.39, 0.29) is 11.8 Å². The van der Waals surface area contributed by atoms with E-state index in [1.165, 1.54) is 0 Å². The molecule has 1 amide bonds. The summed E-state index contributed by atoms with van der Waals surface area (Å²) in [6.45, 7) is 4.36. The van der Waals surface area contributed by atoms with Gasteiger partial charge in [-0.3, -0.25) is 4.79 Å². The Hall–Kier alpha value is -1.95. The molecular formula is C14H20N4O2. The lowest BCUT2D eigenvalue weighted by Gasteiger charge is -2.14. The Morgan fingerprint density at radius 3 is 2.90 bits per heavy atom. The Balaban J connectivity index is 1.97. The van der Waals surface area contributed by atoms with Crippen LogP contribution in [-0.2, 0) is 7.05 Å². The van der Waals surface area contributed by atoms with E-state index in [9.17, 15) is 9.90 Å². The Morgan fingerprint density at radius 2 is 2.20 bits per heavy atom. The third-order valence-corrected chi connectivity index (χ3v) is 3.37. The molecule has 0 aliphatic rings. The number of aliphatic hydroxyl groups excluding tert-OH is 1. The van der Waals surface area contributed by atoms with Crippen molar-refractivity contribution in [3.8, 4) is 0 Å². The summed E-state index contributed by atoms with van der Waals surface area (Å²) in [5.74, 6) is 0.0383. The van der Waals surface area contributed by atoms with Gasteiger partial charge in [-0.1, -0.05) is 19.1 Å². The molecule has 0 saturated heterocycles. The van der Waals surface area contributed by atoms with Crippen LogP contribution in [0, 0.1) is 5.92 Å². The largest absolute Gasteiger partial charge is 0.393 e. The van der Waals surface area contributed by atoms with E-state index < -0.39 is 6.10 Å². The van der Waals surface area contributed by atoms with Crippen LogP contribution in [0.1, 0.15) is 30.6 Å². The number of aliphatic hydroxyl groups is 1. The third kappa shape index (κ3) is 3.14. The smallest absolute Gasteiger partial charge is 0.251 e. The highest BCUT2D eigenvalue weighted by molar-refractivity contribution is 5.97. The van der Waals surface area contributed by atoms with Crippen molar-refractivity contribution in [3.05, 3.63) is 23.8 Å². The molecule has 1 aromatic heterocycles. The second-order valence-electron chi connectivity index (χ2n) is 5.27. The van der Waals surface area contributed by atoms with Crippen molar-refractivity contribution in [2.24, 2.45) is 13.0 Å². The lowest BCUT2D eigenvalue weighted by molar-refractivity contribution is 0.0920. The molecule has 6 heteroatoms. The zero-order chi connectivity index (χ0) is 14.7.